The predicted molar refractivity (Wildman–Crippen MR) is 183 cm³/mol. The van der Waals surface area contributed by atoms with Gasteiger partial charge in [-0.2, -0.15) is 0 Å². The third kappa shape index (κ3) is 4.45. The molecule has 0 saturated carbocycles. The first kappa shape index (κ1) is 25.1. The monoisotopic (exact) mass is 550 g/mol. The third-order valence-electron chi connectivity index (χ3n) is 8.58. The summed E-state index contributed by atoms with van der Waals surface area (Å²) in [4.78, 5) is 2.32. The summed E-state index contributed by atoms with van der Waals surface area (Å²) in [6, 6.07) is 59.0. The minimum Gasteiger partial charge on any atom is -0.344 e. The zero-order valence-corrected chi connectivity index (χ0v) is 24.0. The molecule has 1 aromatic heterocycles. The average molecular weight is 551 g/mol. The number of anilines is 3. The summed E-state index contributed by atoms with van der Waals surface area (Å²) in [5, 5.41) is 5.14. The van der Waals surface area contributed by atoms with Gasteiger partial charge < -0.3 is 9.47 Å². The zero-order valence-electron chi connectivity index (χ0n) is 24.0. The third-order valence-corrected chi connectivity index (χ3v) is 8.58. The molecule has 43 heavy (non-hydrogen) atoms. The minimum atomic E-state index is 1.12. The van der Waals surface area contributed by atoms with E-state index in [9.17, 15) is 0 Å². The van der Waals surface area contributed by atoms with E-state index >= 15 is 0 Å². The van der Waals surface area contributed by atoms with E-state index in [1.807, 2.05) is 0 Å². The van der Waals surface area contributed by atoms with Crippen LogP contribution in [0.25, 0.3) is 54.8 Å². The van der Waals surface area contributed by atoms with Gasteiger partial charge in [0.2, 0.25) is 0 Å². The highest BCUT2D eigenvalue weighted by Crippen LogP contribution is 2.38. The Hall–Kier alpha value is -5.60. The first-order valence-corrected chi connectivity index (χ1v) is 14.7. The van der Waals surface area contributed by atoms with Crippen LogP contribution in [0.15, 0.2) is 164 Å². The van der Waals surface area contributed by atoms with Crippen molar-refractivity contribution in [1.82, 2.24) is 4.57 Å². The Balaban J connectivity index is 1.17. The molecule has 0 saturated heterocycles. The lowest BCUT2D eigenvalue weighted by atomic mass is 10.0. The Bertz CT molecular complexity index is 2210. The molecule has 2 heteroatoms. The molecule has 7 aromatic carbocycles. The Labute approximate surface area is 251 Å². The normalized spacial score (nSPS) is 11.4. The van der Waals surface area contributed by atoms with Gasteiger partial charge in [-0.25, -0.2) is 0 Å². The largest absolute Gasteiger partial charge is 0.344 e. The zero-order chi connectivity index (χ0) is 28.8. The highest BCUT2D eigenvalue weighted by atomic mass is 15.1. The fraction of sp³-hybridized carbons (Fsp3) is 0.0244. The molecule has 0 spiro atoms. The average Bonchev–Trinajstić information content (AvgIpc) is 3.35. The Morgan fingerprint density at radius 2 is 0.837 bits per heavy atom. The second-order valence-electron chi connectivity index (χ2n) is 11.1. The molecule has 8 rings (SSSR count). The van der Waals surface area contributed by atoms with Crippen molar-refractivity contribution in [3.05, 3.63) is 164 Å². The molecular weight excluding hydrogens is 520 g/mol. The number of nitrogens with zero attached hydrogens (tertiary/aromatic N) is 2. The van der Waals surface area contributed by atoms with Crippen LogP contribution in [0.1, 0.15) is 0 Å². The molecule has 8 aromatic rings. The molecule has 0 aliphatic carbocycles. The Morgan fingerprint density at radius 1 is 0.372 bits per heavy atom. The number of aryl methyl sites for hydroxylation is 1. The van der Waals surface area contributed by atoms with Crippen molar-refractivity contribution in [2.75, 3.05) is 4.90 Å². The van der Waals surface area contributed by atoms with Crippen LogP contribution in [0, 0.1) is 0 Å². The van der Waals surface area contributed by atoms with E-state index in [2.05, 4.69) is 180 Å². The number of fused-ring (bicyclic) bond motifs is 4. The van der Waals surface area contributed by atoms with Crippen LogP contribution in [-0.4, -0.2) is 4.57 Å². The standard InChI is InChI=1S/C41H30N2/c1-42-40-28-34(20-25-38(40)39-26-32-12-8-9-13-33(32)27-41(39)42)31-18-23-37(24-19-31)43(35-14-6-3-7-15-35)36-21-16-30(17-22-36)29-10-4-2-5-11-29/h2-28H,1H3. The summed E-state index contributed by atoms with van der Waals surface area (Å²) >= 11 is 0. The Morgan fingerprint density at radius 3 is 1.49 bits per heavy atom. The molecule has 0 fully saturated rings. The summed E-state index contributed by atoms with van der Waals surface area (Å²) in [5.41, 5.74) is 10.7. The second-order valence-corrected chi connectivity index (χ2v) is 11.1. The van der Waals surface area contributed by atoms with Gasteiger partial charge in [0.25, 0.3) is 0 Å². The van der Waals surface area contributed by atoms with Gasteiger partial charge in [0, 0.05) is 45.9 Å². The number of hydrogen-bond donors (Lipinski definition) is 0. The summed E-state index contributed by atoms with van der Waals surface area (Å²) in [7, 11) is 2.17. The molecule has 0 amide bonds. The van der Waals surface area contributed by atoms with Crippen LogP contribution in [0.3, 0.4) is 0 Å². The van der Waals surface area contributed by atoms with Crippen LogP contribution in [0.5, 0.6) is 0 Å². The summed E-state index contributed by atoms with van der Waals surface area (Å²) in [5.74, 6) is 0. The van der Waals surface area contributed by atoms with Gasteiger partial charge in [-0.3, -0.25) is 0 Å². The molecule has 2 nitrogen and oxygen atoms in total. The topological polar surface area (TPSA) is 8.17 Å². The number of rotatable bonds is 5. The lowest BCUT2D eigenvalue weighted by molar-refractivity contribution is 1.02. The number of hydrogen-bond acceptors (Lipinski definition) is 1. The van der Waals surface area contributed by atoms with E-state index in [4.69, 9.17) is 0 Å². The van der Waals surface area contributed by atoms with E-state index in [1.165, 1.54) is 54.8 Å². The highest BCUT2D eigenvalue weighted by molar-refractivity contribution is 6.13. The highest BCUT2D eigenvalue weighted by Gasteiger charge is 2.14. The smallest absolute Gasteiger partial charge is 0.0495 e. The maximum atomic E-state index is 2.33. The molecule has 204 valence electrons. The molecule has 0 aliphatic rings. The van der Waals surface area contributed by atoms with Crippen LogP contribution in [0.4, 0.5) is 17.1 Å². The van der Waals surface area contributed by atoms with E-state index in [0.29, 0.717) is 0 Å². The van der Waals surface area contributed by atoms with E-state index < -0.39 is 0 Å². The lowest BCUT2D eigenvalue weighted by Crippen LogP contribution is -2.09. The van der Waals surface area contributed by atoms with Crippen molar-refractivity contribution >= 4 is 49.6 Å². The Kier molecular flexibility index (Phi) is 6.05. The van der Waals surface area contributed by atoms with Crippen molar-refractivity contribution in [3.63, 3.8) is 0 Å². The van der Waals surface area contributed by atoms with Crippen LogP contribution < -0.4 is 4.90 Å². The molecular formula is C41H30N2. The van der Waals surface area contributed by atoms with Crippen LogP contribution in [0.2, 0.25) is 0 Å². The summed E-state index contributed by atoms with van der Waals surface area (Å²) in [6.45, 7) is 0. The van der Waals surface area contributed by atoms with Gasteiger partial charge in [0.15, 0.2) is 0 Å². The molecule has 0 N–H and O–H groups in total. The van der Waals surface area contributed by atoms with Gasteiger partial charge in [-0.1, -0.05) is 109 Å². The molecule has 0 bridgehead atoms. The number of benzene rings is 7. The van der Waals surface area contributed by atoms with Crippen LogP contribution >= 0.6 is 0 Å². The molecule has 0 unspecified atom stereocenters. The fourth-order valence-electron chi connectivity index (χ4n) is 6.33. The number of aromatic nitrogens is 1. The van der Waals surface area contributed by atoms with Gasteiger partial charge >= 0.3 is 0 Å². The lowest BCUT2D eigenvalue weighted by Gasteiger charge is -2.26. The van der Waals surface area contributed by atoms with Crippen molar-refractivity contribution < 1.29 is 0 Å². The summed E-state index contributed by atoms with van der Waals surface area (Å²) < 4.78 is 2.32. The van der Waals surface area contributed by atoms with Gasteiger partial charge in [0.1, 0.15) is 0 Å². The molecule has 0 atom stereocenters. The van der Waals surface area contributed by atoms with Crippen molar-refractivity contribution in [3.8, 4) is 22.3 Å². The van der Waals surface area contributed by atoms with Crippen LogP contribution in [-0.2, 0) is 7.05 Å². The first-order chi connectivity index (χ1) is 21.2. The summed E-state index contributed by atoms with van der Waals surface area (Å²) in [6.07, 6.45) is 0. The fourth-order valence-corrected chi connectivity index (χ4v) is 6.33. The van der Waals surface area contributed by atoms with Crippen molar-refractivity contribution in [1.29, 1.82) is 0 Å². The quantitative estimate of drug-likeness (QED) is 0.207. The second kappa shape index (κ2) is 10.3. The maximum Gasteiger partial charge on any atom is 0.0495 e. The van der Waals surface area contributed by atoms with Crippen molar-refractivity contribution in [2.24, 2.45) is 7.05 Å². The van der Waals surface area contributed by atoms with E-state index in [1.54, 1.807) is 0 Å². The molecule has 1 heterocycles. The van der Waals surface area contributed by atoms with Gasteiger partial charge in [-0.05, 0) is 87.6 Å². The van der Waals surface area contributed by atoms with Gasteiger partial charge in [0.05, 0.1) is 0 Å². The predicted octanol–water partition coefficient (Wildman–Crippen LogP) is 11.3. The molecule has 0 aliphatic heterocycles. The number of para-hydroxylation sites is 1. The first-order valence-electron chi connectivity index (χ1n) is 14.7. The SMILES string of the molecule is Cn1c2cc(-c3ccc(N(c4ccccc4)c4ccc(-c5ccccc5)cc4)cc3)ccc2c2cc3ccccc3cc21. The van der Waals surface area contributed by atoms with Crippen molar-refractivity contribution in [2.45, 2.75) is 0 Å². The molecule has 0 radical (unpaired) electrons. The van der Waals surface area contributed by atoms with E-state index in [-0.39, 0.29) is 0 Å². The maximum absolute atomic E-state index is 2.33. The minimum absolute atomic E-state index is 1.12. The van der Waals surface area contributed by atoms with Gasteiger partial charge in [-0.15, -0.1) is 0 Å². The van der Waals surface area contributed by atoms with E-state index in [0.717, 1.165) is 17.1 Å².